The van der Waals surface area contributed by atoms with Crippen LogP contribution in [0, 0.1) is 0 Å². The van der Waals surface area contributed by atoms with Crippen LogP contribution < -0.4 is 31.4 Å². The molecule has 3 rings (SSSR count). The van der Waals surface area contributed by atoms with E-state index in [1.165, 1.54) is 18.8 Å². The Morgan fingerprint density at radius 2 is 1.67 bits per heavy atom. The molecule has 10 nitrogen and oxygen atoms in total. The van der Waals surface area contributed by atoms with Crippen molar-refractivity contribution in [2.75, 3.05) is 26.1 Å². The van der Waals surface area contributed by atoms with Crippen molar-refractivity contribution >= 4 is 28.4 Å². The summed E-state index contributed by atoms with van der Waals surface area (Å²) < 4.78 is 12.9. The van der Waals surface area contributed by atoms with E-state index in [-0.39, 0.29) is 19.0 Å². The van der Waals surface area contributed by atoms with Crippen LogP contribution in [0.1, 0.15) is 32.6 Å². The van der Waals surface area contributed by atoms with Crippen molar-refractivity contribution in [2.45, 2.75) is 45.7 Å². The highest BCUT2D eigenvalue weighted by Crippen LogP contribution is 2.29. The molecule has 0 saturated carbocycles. The Morgan fingerprint density at radius 3 is 2.39 bits per heavy atom. The summed E-state index contributed by atoms with van der Waals surface area (Å²) >= 11 is 0. The molecule has 0 fully saturated rings. The lowest BCUT2D eigenvalue weighted by Gasteiger charge is -2.15. The Bertz CT molecular complexity index is 1340. The average molecular weight is 497 g/mol. The highest BCUT2D eigenvalue weighted by Gasteiger charge is 2.16. The number of nitrogens with zero attached hydrogens (tertiary/aromatic N) is 2. The van der Waals surface area contributed by atoms with Crippen LogP contribution in [0.5, 0.6) is 11.5 Å². The van der Waals surface area contributed by atoms with Gasteiger partial charge >= 0.3 is 5.69 Å². The molecular formula is C26H32N4O6. The molecule has 2 N–H and O–H groups in total. The van der Waals surface area contributed by atoms with Crippen LogP contribution in [0.2, 0.25) is 0 Å². The van der Waals surface area contributed by atoms with Crippen LogP contribution >= 0.6 is 0 Å². The molecule has 0 spiro atoms. The Labute approximate surface area is 208 Å². The smallest absolute Gasteiger partial charge is 0.331 e. The van der Waals surface area contributed by atoms with Crippen molar-refractivity contribution in [3.05, 3.63) is 63.3 Å². The predicted octanol–water partition coefficient (Wildman–Crippen LogP) is 2.52. The van der Waals surface area contributed by atoms with E-state index in [9.17, 15) is 19.2 Å². The number of carbonyl (C=O) groups excluding carboxylic acids is 2. The number of methoxy groups -OCH3 is 2. The second kappa shape index (κ2) is 12.6. The minimum atomic E-state index is -0.573. The van der Waals surface area contributed by atoms with E-state index < -0.39 is 17.2 Å². The minimum absolute atomic E-state index is 0.0491. The van der Waals surface area contributed by atoms with Gasteiger partial charge in [-0.3, -0.25) is 23.5 Å². The van der Waals surface area contributed by atoms with E-state index in [0.29, 0.717) is 53.9 Å². The number of rotatable bonds is 12. The van der Waals surface area contributed by atoms with Crippen LogP contribution in [0.3, 0.4) is 0 Å². The monoisotopic (exact) mass is 496 g/mol. The van der Waals surface area contributed by atoms with E-state index >= 15 is 0 Å². The van der Waals surface area contributed by atoms with Crippen molar-refractivity contribution in [3.8, 4) is 11.5 Å². The van der Waals surface area contributed by atoms with E-state index in [2.05, 4.69) is 10.6 Å². The molecule has 1 heterocycles. The summed E-state index contributed by atoms with van der Waals surface area (Å²) in [7, 11) is 3.01. The number of ether oxygens (including phenoxy) is 2. The van der Waals surface area contributed by atoms with Crippen LogP contribution in [0.15, 0.2) is 52.1 Å². The predicted molar refractivity (Wildman–Crippen MR) is 138 cm³/mol. The van der Waals surface area contributed by atoms with Gasteiger partial charge in [-0.15, -0.1) is 0 Å². The van der Waals surface area contributed by atoms with Gasteiger partial charge in [-0.1, -0.05) is 19.1 Å². The number of fused-ring (bicyclic) bond motifs is 1. The van der Waals surface area contributed by atoms with Gasteiger partial charge < -0.3 is 20.1 Å². The molecule has 2 aromatic carbocycles. The highest BCUT2D eigenvalue weighted by molar-refractivity contribution is 5.92. The minimum Gasteiger partial charge on any atom is -0.493 e. The van der Waals surface area contributed by atoms with Gasteiger partial charge in [0.1, 0.15) is 6.54 Å². The first-order valence-electron chi connectivity index (χ1n) is 11.9. The number of para-hydroxylation sites is 1. The average Bonchev–Trinajstić information content (AvgIpc) is 2.89. The lowest BCUT2D eigenvalue weighted by atomic mass is 10.2. The van der Waals surface area contributed by atoms with E-state index in [1.54, 1.807) is 42.5 Å². The number of unbranched alkanes of at least 4 members (excludes halogenated alkanes) is 1. The van der Waals surface area contributed by atoms with Crippen LogP contribution in [0.25, 0.3) is 10.9 Å². The van der Waals surface area contributed by atoms with Crippen molar-refractivity contribution in [3.63, 3.8) is 0 Å². The molecule has 10 heteroatoms. The molecule has 36 heavy (non-hydrogen) atoms. The third-order valence-electron chi connectivity index (χ3n) is 5.71. The lowest BCUT2D eigenvalue weighted by Crippen LogP contribution is -2.41. The van der Waals surface area contributed by atoms with Gasteiger partial charge in [0.2, 0.25) is 11.8 Å². The van der Waals surface area contributed by atoms with E-state index in [1.807, 2.05) is 6.92 Å². The van der Waals surface area contributed by atoms with Gasteiger partial charge in [-0.05, 0) is 43.5 Å². The maximum atomic E-state index is 13.3. The summed E-state index contributed by atoms with van der Waals surface area (Å²) in [6.45, 7) is 2.47. The van der Waals surface area contributed by atoms with Gasteiger partial charge in [0, 0.05) is 31.3 Å². The molecule has 1 aromatic heterocycles. The number of hydrogen-bond acceptors (Lipinski definition) is 6. The second-order valence-electron chi connectivity index (χ2n) is 8.27. The standard InChI is InChI=1S/C26H32N4O6/c1-4-14-27-23(31)11-7-8-15-29-25(33)19-9-5-6-10-20(19)30(26(29)34)17-24(32)28-18-12-13-21(35-2)22(16-18)36-3/h5-6,9-10,12-13,16H,4,7-8,11,14-15,17H2,1-3H3,(H,27,31)(H,28,32). The van der Waals surface area contributed by atoms with Crippen molar-refractivity contribution in [1.29, 1.82) is 0 Å². The Kier molecular flexibility index (Phi) is 9.26. The molecule has 3 aromatic rings. The molecule has 192 valence electrons. The lowest BCUT2D eigenvalue weighted by molar-refractivity contribution is -0.121. The normalized spacial score (nSPS) is 10.8. The summed E-state index contributed by atoms with van der Waals surface area (Å²) in [5, 5.41) is 5.91. The zero-order valence-corrected chi connectivity index (χ0v) is 20.8. The third kappa shape index (κ3) is 6.32. The second-order valence-corrected chi connectivity index (χ2v) is 8.27. The number of nitrogens with one attached hydrogen (secondary N) is 2. The maximum Gasteiger partial charge on any atom is 0.331 e. The summed E-state index contributed by atoms with van der Waals surface area (Å²) in [6.07, 6.45) is 2.19. The molecule has 0 aliphatic heterocycles. The molecule has 2 amide bonds. The van der Waals surface area contributed by atoms with E-state index in [0.717, 1.165) is 11.0 Å². The molecule has 0 aliphatic rings. The maximum absolute atomic E-state index is 13.3. The fourth-order valence-electron chi connectivity index (χ4n) is 3.89. The van der Waals surface area contributed by atoms with Gasteiger partial charge in [0.05, 0.1) is 25.1 Å². The number of amides is 2. The van der Waals surface area contributed by atoms with Crippen molar-refractivity contribution in [2.24, 2.45) is 0 Å². The third-order valence-corrected chi connectivity index (χ3v) is 5.71. The SMILES string of the molecule is CCCNC(=O)CCCCn1c(=O)c2ccccc2n(CC(=O)Nc2ccc(OC)c(OC)c2)c1=O. The molecule has 0 radical (unpaired) electrons. The van der Waals surface area contributed by atoms with Crippen molar-refractivity contribution < 1.29 is 19.1 Å². The Balaban J connectivity index is 1.81. The molecule has 0 bridgehead atoms. The van der Waals surface area contributed by atoms with Crippen LogP contribution in [-0.4, -0.2) is 41.7 Å². The number of benzene rings is 2. The largest absolute Gasteiger partial charge is 0.493 e. The van der Waals surface area contributed by atoms with Crippen LogP contribution in [0.4, 0.5) is 5.69 Å². The molecule has 0 aliphatic carbocycles. The quantitative estimate of drug-likeness (QED) is 0.372. The summed E-state index contributed by atoms with van der Waals surface area (Å²) in [5.41, 5.74) is -0.131. The first-order chi connectivity index (χ1) is 17.4. The number of carbonyl (C=O) groups is 2. The summed E-state index contributed by atoms with van der Waals surface area (Å²) in [5.74, 6) is 0.488. The first kappa shape index (κ1) is 26.5. The summed E-state index contributed by atoms with van der Waals surface area (Å²) in [4.78, 5) is 51.0. The first-order valence-corrected chi connectivity index (χ1v) is 11.9. The van der Waals surface area contributed by atoms with Crippen molar-refractivity contribution in [1.82, 2.24) is 14.5 Å². The number of aromatic nitrogens is 2. The van der Waals surface area contributed by atoms with Gasteiger partial charge in [-0.2, -0.15) is 0 Å². The highest BCUT2D eigenvalue weighted by atomic mass is 16.5. The Hall–Kier alpha value is -4.08. The molecule has 0 unspecified atom stereocenters. The summed E-state index contributed by atoms with van der Waals surface area (Å²) in [6, 6.07) is 11.7. The number of anilines is 1. The fraction of sp³-hybridized carbons (Fsp3) is 0.385. The van der Waals surface area contributed by atoms with E-state index in [4.69, 9.17) is 9.47 Å². The molecular weight excluding hydrogens is 464 g/mol. The molecule has 0 atom stereocenters. The number of hydrogen-bond donors (Lipinski definition) is 2. The van der Waals surface area contributed by atoms with Gasteiger partial charge in [-0.25, -0.2) is 4.79 Å². The van der Waals surface area contributed by atoms with Crippen LogP contribution in [-0.2, 0) is 22.7 Å². The zero-order chi connectivity index (χ0) is 26.1. The Morgan fingerprint density at radius 1 is 0.917 bits per heavy atom. The van der Waals surface area contributed by atoms with Gasteiger partial charge in [0.15, 0.2) is 11.5 Å². The zero-order valence-electron chi connectivity index (χ0n) is 20.8. The topological polar surface area (TPSA) is 121 Å². The van der Waals surface area contributed by atoms with Gasteiger partial charge in [0.25, 0.3) is 5.56 Å². The fourth-order valence-corrected chi connectivity index (χ4v) is 3.89. The molecule has 0 saturated heterocycles.